The number of thioether (sulfide) groups is 1. The molecule has 4 rings (SSSR count). The average Bonchev–Trinajstić information content (AvgIpc) is 3.03. The third-order valence-corrected chi connectivity index (χ3v) is 6.43. The van der Waals surface area contributed by atoms with E-state index in [1.807, 2.05) is 25.1 Å². The fourth-order valence-electron chi connectivity index (χ4n) is 3.61. The van der Waals surface area contributed by atoms with Crippen LogP contribution in [0.2, 0.25) is 5.02 Å². The summed E-state index contributed by atoms with van der Waals surface area (Å²) < 4.78 is 5.41. The number of ether oxygens (including phenoxy) is 1. The van der Waals surface area contributed by atoms with Gasteiger partial charge in [-0.25, -0.2) is 0 Å². The van der Waals surface area contributed by atoms with E-state index >= 15 is 0 Å². The lowest BCUT2D eigenvalue weighted by Crippen LogP contribution is -2.36. The van der Waals surface area contributed by atoms with Gasteiger partial charge in [0.15, 0.2) is 0 Å². The van der Waals surface area contributed by atoms with E-state index in [2.05, 4.69) is 10.2 Å². The number of hydrogen-bond donors (Lipinski definition) is 1. The summed E-state index contributed by atoms with van der Waals surface area (Å²) in [5.74, 6) is -0.975. The Labute approximate surface area is 195 Å². The Balaban J connectivity index is 1.44. The summed E-state index contributed by atoms with van der Waals surface area (Å²) in [5.41, 5.74) is 3.47. The second kappa shape index (κ2) is 9.77. The molecule has 0 aliphatic carbocycles. The van der Waals surface area contributed by atoms with Crippen molar-refractivity contribution in [2.45, 2.75) is 6.92 Å². The van der Waals surface area contributed by atoms with Gasteiger partial charge in [0.2, 0.25) is 5.91 Å². The molecule has 0 atom stereocenters. The standard InChI is InChI=1S/C23H22ClN3O4S/c1-15-12-16(6-7-19(15)26-8-10-31-11-9-26)13-20-22(29)27(23(30)32-20)14-21(28)25-18-5-3-2-4-17(18)24/h2-7,12-13H,8-11,14H2,1H3,(H,25,28)/b20-13+. The van der Waals surface area contributed by atoms with Gasteiger partial charge in [0.05, 0.1) is 28.8 Å². The van der Waals surface area contributed by atoms with Crippen molar-refractivity contribution in [3.63, 3.8) is 0 Å². The van der Waals surface area contributed by atoms with E-state index in [4.69, 9.17) is 16.3 Å². The third-order valence-electron chi connectivity index (χ3n) is 5.19. The number of rotatable bonds is 5. The molecule has 2 aromatic rings. The Morgan fingerprint density at radius 2 is 1.94 bits per heavy atom. The molecule has 2 aromatic carbocycles. The maximum atomic E-state index is 12.8. The number of benzene rings is 2. The van der Waals surface area contributed by atoms with E-state index in [1.165, 1.54) is 0 Å². The fourth-order valence-corrected chi connectivity index (χ4v) is 4.63. The number of imide groups is 1. The van der Waals surface area contributed by atoms with Crippen LogP contribution in [0.25, 0.3) is 6.08 Å². The van der Waals surface area contributed by atoms with E-state index in [0.29, 0.717) is 28.8 Å². The number of aryl methyl sites for hydroxylation is 1. The molecule has 2 heterocycles. The highest BCUT2D eigenvalue weighted by Gasteiger charge is 2.36. The lowest BCUT2D eigenvalue weighted by Gasteiger charge is -2.30. The van der Waals surface area contributed by atoms with Crippen LogP contribution in [0, 0.1) is 6.92 Å². The Bertz CT molecular complexity index is 1100. The van der Waals surface area contributed by atoms with Gasteiger partial charge in [-0.15, -0.1) is 0 Å². The number of carbonyl (C=O) groups is 3. The molecule has 32 heavy (non-hydrogen) atoms. The van der Waals surface area contributed by atoms with Gasteiger partial charge in [-0.05, 0) is 60.2 Å². The molecule has 2 saturated heterocycles. The predicted molar refractivity (Wildman–Crippen MR) is 127 cm³/mol. The lowest BCUT2D eigenvalue weighted by atomic mass is 10.1. The average molecular weight is 472 g/mol. The van der Waals surface area contributed by atoms with Crippen molar-refractivity contribution in [2.75, 3.05) is 43.1 Å². The zero-order valence-electron chi connectivity index (χ0n) is 17.5. The number of morpholine rings is 1. The largest absolute Gasteiger partial charge is 0.378 e. The van der Waals surface area contributed by atoms with Crippen LogP contribution in [-0.4, -0.2) is 54.8 Å². The Morgan fingerprint density at radius 3 is 2.66 bits per heavy atom. The van der Waals surface area contributed by atoms with Crippen molar-refractivity contribution < 1.29 is 19.1 Å². The summed E-state index contributed by atoms with van der Waals surface area (Å²) in [6.45, 7) is 4.75. The van der Waals surface area contributed by atoms with E-state index < -0.39 is 17.1 Å². The van der Waals surface area contributed by atoms with Gasteiger partial charge >= 0.3 is 0 Å². The molecule has 0 spiro atoms. The number of amides is 3. The zero-order valence-corrected chi connectivity index (χ0v) is 19.0. The van der Waals surface area contributed by atoms with E-state index in [-0.39, 0.29) is 6.54 Å². The van der Waals surface area contributed by atoms with Crippen LogP contribution in [0.4, 0.5) is 16.2 Å². The molecule has 0 radical (unpaired) electrons. The van der Waals surface area contributed by atoms with Crippen LogP contribution in [0.3, 0.4) is 0 Å². The van der Waals surface area contributed by atoms with Crippen molar-refractivity contribution in [2.24, 2.45) is 0 Å². The highest BCUT2D eigenvalue weighted by Crippen LogP contribution is 2.33. The molecule has 2 aliphatic rings. The first-order valence-electron chi connectivity index (χ1n) is 10.2. The SMILES string of the molecule is Cc1cc(/C=C2/SC(=O)N(CC(=O)Nc3ccccc3Cl)C2=O)ccc1N1CCOCC1. The topological polar surface area (TPSA) is 79.0 Å². The van der Waals surface area contributed by atoms with Crippen molar-refractivity contribution in [1.29, 1.82) is 0 Å². The first-order chi connectivity index (χ1) is 15.4. The molecule has 0 aromatic heterocycles. The summed E-state index contributed by atoms with van der Waals surface area (Å²) in [6.07, 6.45) is 1.69. The summed E-state index contributed by atoms with van der Waals surface area (Å²) in [4.78, 5) is 41.0. The van der Waals surface area contributed by atoms with Crippen LogP contribution in [0.5, 0.6) is 0 Å². The maximum Gasteiger partial charge on any atom is 0.294 e. The van der Waals surface area contributed by atoms with Gasteiger partial charge in [0.1, 0.15) is 6.54 Å². The van der Waals surface area contributed by atoms with Gasteiger partial charge in [-0.3, -0.25) is 19.3 Å². The monoisotopic (exact) mass is 471 g/mol. The Hall–Kier alpha value is -2.81. The minimum absolute atomic E-state index is 0.291. The Morgan fingerprint density at radius 1 is 1.19 bits per heavy atom. The summed E-state index contributed by atoms with van der Waals surface area (Å²) in [5, 5.41) is 2.53. The normalized spacial score (nSPS) is 17.9. The van der Waals surface area contributed by atoms with Crippen LogP contribution in [0.1, 0.15) is 11.1 Å². The molecule has 9 heteroatoms. The molecule has 0 saturated carbocycles. The molecular weight excluding hydrogens is 450 g/mol. The minimum Gasteiger partial charge on any atom is -0.378 e. The third kappa shape index (κ3) is 4.98. The Kier molecular flexibility index (Phi) is 6.83. The van der Waals surface area contributed by atoms with Gasteiger partial charge in [-0.1, -0.05) is 29.8 Å². The van der Waals surface area contributed by atoms with Gasteiger partial charge in [0, 0.05) is 18.8 Å². The highest BCUT2D eigenvalue weighted by atomic mass is 35.5. The van der Waals surface area contributed by atoms with Crippen LogP contribution in [-0.2, 0) is 14.3 Å². The van der Waals surface area contributed by atoms with Crippen LogP contribution < -0.4 is 10.2 Å². The summed E-state index contributed by atoms with van der Waals surface area (Å²) >= 11 is 6.88. The zero-order chi connectivity index (χ0) is 22.7. The van der Waals surface area contributed by atoms with E-state index in [0.717, 1.165) is 46.6 Å². The number of nitrogens with zero attached hydrogens (tertiary/aromatic N) is 2. The first-order valence-corrected chi connectivity index (χ1v) is 11.3. The van der Waals surface area contributed by atoms with Crippen molar-refractivity contribution in [3.05, 3.63) is 63.5 Å². The second-order valence-electron chi connectivity index (χ2n) is 7.44. The molecule has 1 N–H and O–H groups in total. The highest BCUT2D eigenvalue weighted by molar-refractivity contribution is 8.18. The molecule has 2 fully saturated rings. The molecule has 166 valence electrons. The molecule has 3 amide bonds. The number of anilines is 2. The maximum absolute atomic E-state index is 12.8. The number of hydrogen-bond acceptors (Lipinski definition) is 6. The molecular formula is C23H22ClN3O4S. The molecule has 0 bridgehead atoms. The number of para-hydroxylation sites is 1. The van der Waals surface area contributed by atoms with Gasteiger partial charge < -0.3 is 15.0 Å². The van der Waals surface area contributed by atoms with Crippen LogP contribution >= 0.6 is 23.4 Å². The predicted octanol–water partition coefficient (Wildman–Crippen LogP) is 4.16. The number of nitrogens with one attached hydrogen (secondary N) is 1. The number of carbonyl (C=O) groups excluding carboxylic acids is 3. The van der Waals surface area contributed by atoms with Crippen molar-refractivity contribution >= 4 is 57.9 Å². The lowest BCUT2D eigenvalue weighted by molar-refractivity contribution is -0.127. The van der Waals surface area contributed by atoms with Crippen LogP contribution in [0.15, 0.2) is 47.4 Å². The fraction of sp³-hybridized carbons (Fsp3) is 0.261. The smallest absolute Gasteiger partial charge is 0.294 e. The molecule has 2 aliphatic heterocycles. The van der Waals surface area contributed by atoms with E-state index in [9.17, 15) is 14.4 Å². The molecule has 0 unspecified atom stereocenters. The number of halogens is 1. The van der Waals surface area contributed by atoms with E-state index in [1.54, 1.807) is 30.3 Å². The van der Waals surface area contributed by atoms with Crippen molar-refractivity contribution in [1.82, 2.24) is 4.90 Å². The molecule has 7 nitrogen and oxygen atoms in total. The summed E-state index contributed by atoms with van der Waals surface area (Å²) in [7, 11) is 0. The van der Waals surface area contributed by atoms with Gasteiger partial charge in [-0.2, -0.15) is 0 Å². The second-order valence-corrected chi connectivity index (χ2v) is 8.84. The first kappa shape index (κ1) is 22.4. The quantitative estimate of drug-likeness (QED) is 0.660. The van der Waals surface area contributed by atoms with Crippen molar-refractivity contribution in [3.8, 4) is 0 Å². The van der Waals surface area contributed by atoms with Gasteiger partial charge in [0.25, 0.3) is 11.1 Å². The summed E-state index contributed by atoms with van der Waals surface area (Å²) in [6, 6.07) is 12.7. The minimum atomic E-state index is -0.493.